The fourth-order valence-corrected chi connectivity index (χ4v) is 2.58. The summed E-state index contributed by atoms with van der Waals surface area (Å²) in [5.74, 6) is -2.86. The smallest absolute Gasteiger partial charge is 0.422 e. The van der Waals surface area contributed by atoms with Crippen LogP contribution in [0.3, 0.4) is 0 Å². The van der Waals surface area contributed by atoms with Crippen molar-refractivity contribution in [2.75, 3.05) is 13.2 Å². The predicted octanol–water partition coefficient (Wildman–Crippen LogP) is 6.36. The number of benzene rings is 2. The first-order chi connectivity index (χ1) is 15.1. The molecule has 0 heterocycles. The minimum Gasteiger partial charge on any atom is -0.484 e. The van der Waals surface area contributed by atoms with E-state index >= 15 is 0 Å². The van der Waals surface area contributed by atoms with E-state index in [-0.39, 0.29) is 6.29 Å². The third-order valence-corrected chi connectivity index (χ3v) is 3.86. The monoisotopic (exact) mass is 490 g/mol. The van der Waals surface area contributed by atoms with Crippen LogP contribution in [0.15, 0.2) is 42.5 Å². The minimum atomic E-state index is -5.05. The van der Waals surface area contributed by atoms with Gasteiger partial charge < -0.3 is 9.47 Å². The van der Waals surface area contributed by atoms with Crippen molar-refractivity contribution in [2.45, 2.75) is 18.5 Å². The Morgan fingerprint density at radius 3 is 1.94 bits per heavy atom. The van der Waals surface area contributed by atoms with Crippen LogP contribution in [0.25, 0.3) is 5.57 Å². The van der Waals surface area contributed by atoms with Gasteiger partial charge in [0.05, 0.1) is 5.56 Å². The number of carbonyl (C=O) groups is 1. The van der Waals surface area contributed by atoms with E-state index in [1.54, 1.807) is 0 Å². The summed E-state index contributed by atoms with van der Waals surface area (Å²) in [7, 11) is 0. The number of alkyl halides is 9. The minimum absolute atomic E-state index is 0.0989. The Balaban J connectivity index is 2.59. The second-order valence-corrected chi connectivity index (χ2v) is 6.37. The van der Waals surface area contributed by atoms with E-state index in [9.17, 15) is 48.7 Å². The van der Waals surface area contributed by atoms with E-state index in [1.165, 1.54) is 0 Å². The number of hydrogen-bond acceptors (Lipinski definition) is 3. The highest BCUT2D eigenvalue weighted by Gasteiger charge is 2.34. The van der Waals surface area contributed by atoms with Gasteiger partial charge in [-0.15, -0.1) is 0 Å². The Hall–Kier alpha value is -3.25. The summed E-state index contributed by atoms with van der Waals surface area (Å²) >= 11 is 0. The van der Waals surface area contributed by atoms with E-state index in [0.717, 1.165) is 24.3 Å². The first-order valence-electron chi connectivity index (χ1n) is 8.67. The van der Waals surface area contributed by atoms with E-state index in [4.69, 9.17) is 0 Å². The summed E-state index contributed by atoms with van der Waals surface area (Å²) in [6, 6.07) is 3.89. The van der Waals surface area contributed by atoms with Crippen LogP contribution in [0.4, 0.5) is 43.9 Å². The number of ether oxygens (including phenoxy) is 2. The fourth-order valence-electron chi connectivity index (χ4n) is 2.58. The molecule has 0 unspecified atom stereocenters. The topological polar surface area (TPSA) is 35.5 Å². The van der Waals surface area contributed by atoms with Crippen LogP contribution in [0.1, 0.15) is 16.7 Å². The molecular formula is C20H12F10O3. The second-order valence-electron chi connectivity index (χ2n) is 6.37. The molecule has 2 rings (SSSR count). The summed E-state index contributed by atoms with van der Waals surface area (Å²) in [6.45, 7) is -3.60. The number of hydrogen-bond donors (Lipinski definition) is 0. The predicted molar refractivity (Wildman–Crippen MR) is 94.1 cm³/mol. The molecule has 3 nitrogen and oxygen atoms in total. The van der Waals surface area contributed by atoms with Crippen molar-refractivity contribution < 1.29 is 58.2 Å². The lowest BCUT2D eigenvalue weighted by Crippen LogP contribution is -2.20. The van der Waals surface area contributed by atoms with Gasteiger partial charge in [-0.1, -0.05) is 6.07 Å². The van der Waals surface area contributed by atoms with Gasteiger partial charge in [-0.2, -0.15) is 39.5 Å². The molecule has 0 aromatic heterocycles. The van der Waals surface area contributed by atoms with Crippen molar-refractivity contribution in [3.63, 3.8) is 0 Å². The number of carbonyl (C=O) groups excluding carboxylic acids is 1. The van der Waals surface area contributed by atoms with Gasteiger partial charge in [0.15, 0.2) is 13.2 Å². The zero-order valence-corrected chi connectivity index (χ0v) is 16.0. The highest BCUT2D eigenvalue weighted by Crippen LogP contribution is 2.38. The first-order valence-corrected chi connectivity index (χ1v) is 8.67. The van der Waals surface area contributed by atoms with Crippen LogP contribution >= 0.6 is 0 Å². The molecule has 2 aromatic rings. The van der Waals surface area contributed by atoms with Crippen LogP contribution in [0.2, 0.25) is 0 Å². The molecule has 0 atom stereocenters. The lowest BCUT2D eigenvalue weighted by Gasteiger charge is -2.18. The number of halogens is 10. The zero-order chi connectivity index (χ0) is 25.0. The Bertz CT molecular complexity index is 1020. The number of aldehydes is 1. The van der Waals surface area contributed by atoms with Crippen molar-refractivity contribution >= 4 is 11.9 Å². The molecule has 0 aliphatic rings. The normalized spacial score (nSPS) is 13.1. The average molecular weight is 490 g/mol. The van der Waals surface area contributed by atoms with Crippen molar-refractivity contribution in [3.05, 3.63) is 65.0 Å². The summed E-state index contributed by atoms with van der Waals surface area (Å²) in [5, 5.41) is 0. The Kier molecular flexibility index (Phi) is 7.65. The van der Waals surface area contributed by atoms with Gasteiger partial charge in [0, 0.05) is 5.56 Å². The Labute approximate surface area is 179 Å². The second kappa shape index (κ2) is 9.71. The molecule has 0 saturated carbocycles. The van der Waals surface area contributed by atoms with Crippen LogP contribution < -0.4 is 9.47 Å². The molecule has 0 fully saturated rings. The molecular weight excluding hydrogens is 478 g/mol. The Morgan fingerprint density at radius 2 is 1.42 bits per heavy atom. The van der Waals surface area contributed by atoms with Crippen LogP contribution in [0.5, 0.6) is 11.5 Å². The summed E-state index contributed by atoms with van der Waals surface area (Å²) in [4.78, 5) is 11.1. The molecule has 0 bridgehead atoms. The number of allylic oxidation sites excluding steroid dienone is 1. The van der Waals surface area contributed by atoms with Gasteiger partial charge in [-0.05, 0) is 47.5 Å². The zero-order valence-electron chi connectivity index (χ0n) is 16.0. The van der Waals surface area contributed by atoms with Crippen molar-refractivity contribution in [1.29, 1.82) is 0 Å². The van der Waals surface area contributed by atoms with E-state index < -0.39 is 71.3 Å². The highest BCUT2D eigenvalue weighted by atomic mass is 19.4. The van der Waals surface area contributed by atoms with E-state index in [2.05, 4.69) is 9.47 Å². The van der Waals surface area contributed by atoms with Crippen molar-refractivity contribution in [3.8, 4) is 11.5 Å². The Morgan fingerprint density at radius 1 is 0.818 bits per heavy atom. The van der Waals surface area contributed by atoms with E-state index in [0.29, 0.717) is 18.2 Å². The van der Waals surface area contributed by atoms with Gasteiger partial charge in [0.25, 0.3) is 0 Å². The molecule has 0 aliphatic heterocycles. The fraction of sp³-hybridized carbons (Fsp3) is 0.250. The molecule has 0 amide bonds. The van der Waals surface area contributed by atoms with Crippen LogP contribution in [0, 0.1) is 5.82 Å². The maximum Gasteiger partial charge on any atom is 0.422 e. The van der Waals surface area contributed by atoms with Crippen LogP contribution in [-0.2, 0) is 11.0 Å². The third-order valence-electron chi connectivity index (χ3n) is 3.86. The average Bonchev–Trinajstić information content (AvgIpc) is 2.67. The first kappa shape index (κ1) is 26.0. The van der Waals surface area contributed by atoms with Crippen LogP contribution in [-0.4, -0.2) is 31.9 Å². The van der Waals surface area contributed by atoms with Gasteiger partial charge in [-0.25, -0.2) is 4.39 Å². The van der Waals surface area contributed by atoms with Gasteiger partial charge in [-0.3, -0.25) is 4.79 Å². The molecule has 0 N–H and O–H groups in total. The molecule has 33 heavy (non-hydrogen) atoms. The van der Waals surface area contributed by atoms with Gasteiger partial charge >= 0.3 is 18.5 Å². The maximum absolute atomic E-state index is 14.0. The van der Waals surface area contributed by atoms with Crippen molar-refractivity contribution in [2.24, 2.45) is 0 Å². The molecule has 0 saturated heterocycles. The van der Waals surface area contributed by atoms with Crippen molar-refractivity contribution in [1.82, 2.24) is 0 Å². The molecule has 0 spiro atoms. The lowest BCUT2D eigenvalue weighted by atomic mass is 9.95. The van der Waals surface area contributed by atoms with Gasteiger partial charge in [0.1, 0.15) is 23.6 Å². The lowest BCUT2D eigenvalue weighted by molar-refractivity contribution is -0.154. The molecule has 2 aromatic carbocycles. The summed E-state index contributed by atoms with van der Waals surface area (Å²) in [5.41, 5.74) is -2.91. The molecule has 13 heteroatoms. The standard InChI is InChI=1S/C20H12F10O3/c21-16-7-11(1-3-15(16)20(28,29)30)13(5-6-31)14-8-12(32-9-18(22,23)24)2-4-17(14)33-10-19(25,26)27/h1-8H,9-10H2. The SMILES string of the molecule is O=CC=C(c1ccc(C(F)(F)F)c(F)c1)c1cc(OCC(F)(F)F)ccc1OCC(F)(F)F. The molecule has 0 radical (unpaired) electrons. The summed E-state index contributed by atoms with van der Waals surface area (Å²) < 4.78 is 137. The molecule has 180 valence electrons. The highest BCUT2D eigenvalue weighted by molar-refractivity contribution is 5.91. The quantitative estimate of drug-likeness (QED) is 0.258. The van der Waals surface area contributed by atoms with E-state index in [1.807, 2.05) is 0 Å². The largest absolute Gasteiger partial charge is 0.484 e. The maximum atomic E-state index is 14.0. The third kappa shape index (κ3) is 7.68. The summed E-state index contributed by atoms with van der Waals surface area (Å²) in [6.07, 6.45) is -13.9. The number of rotatable bonds is 7. The van der Waals surface area contributed by atoms with Gasteiger partial charge in [0.2, 0.25) is 0 Å². The molecule has 0 aliphatic carbocycles.